The molecule has 2 heterocycles. The highest BCUT2D eigenvalue weighted by atomic mass is 79.9. The average molecular weight is 318 g/mol. The Morgan fingerprint density at radius 3 is 2.58 bits per heavy atom. The van der Waals surface area contributed by atoms with Crippen molar-refractivity contribution in [2.24, 2.45) is 0 Å². The van der Waals surface area contributed by atoms with Gasteiger partial charge < -0.3 is 9.80 Å². The lowest BCUT2D eigenvalue weighted by atomic mass is 10.1. The van der Waals surface area contributed by atoms with Crippen LogP contribution in [0, 0.1) is 0 Å². The number of anilines is 3. The molecule has 3 nitrogen and oxygen atoms in total. The molecular formula is C15H16BrN3. The van der Waals surface area contributed by atoms with Gasteiger partial charge in [-0.1, -0.05) is 34.1 Å². The van der Waals surface area contributed by atoms with E-state index in [0.29, 0.717) is 0 Å². The van der Waals surface area contributed by atoms with Crippen molar-refractivity contribution in [2.45, 2.75) is 5.33 Å². The maximum Gasteiger partial charge on any atom is 0.133 e. The van der Waals surface area contributed by atoms with Crippen molar-refractivity contribution >= 4 is 33.1 Å². The highest BCUT2D eigenvalue weighted by Crippen LogP contribution is 2.35. The zero-order valence-corrected chi connectivity index (χ0v) is 12.5. The van der Waals surface area contributed by atoms with Crippen LogP contribution < -0.4 is 9.80 Å². The Kier molecular flexibility index (Phi) is 3.42. The molecule has 0 atom stereocenters. The zero-order chi connectivity index (χ0) is 13.2. The lowest BCUT2D eigenvalue weighted by Crippen LogP contribution is -2.36. The normalized spacial score (nSPS) is 14.4. The molecule has 1 aromatic heterocycles. The largest absolute Gasteiger partial charge is 0.371 e. The van der Waals surface area contributed by atoms with Crippen molar-refractivity contribution in [3.63, 3.8) is 0 Å². The third-order valence-corrected chi connectivity index (χ3v) is 4.13. The average Bonchev–Trinajstić information content (AvgIpc) is 2.48. The summed E-state index contributed by atoms with van der Waals surface area (Å²) in [5.41, 5.74) is 3.70. The standard InChI is InChI=1S/C15H16BrN3/c1-18-8-9-19(14-5-3-2-4-13(14)18)15-7-6-12(10-16)11-17-15/h2-7,11H,8-10H2,1H3. The van der Waals surface area contributed by atoms with Crippen LogP contribution in [-0.2, 0) is 5.33 Å². The molecule has 1 aliphatic rings. The van der Waals surface area contributed by atoms with Crippen molar-refractivity contribution in [2.75, 3.05) is 29.9 Å². The van der Waals surface area contributed by atoms with E-state index < -0.39 is 0 Å². The lowest BCUT2D eigenvalue weighted by Gasteiger charge is -2.36. The maximum absolute atomic E-state index is 4.57. The number of hydrogen-bond acceptors (Lipinski definition) is 3. The fraction of sp³-hybridized carbons (Fsp3) is 0.267. The first-order valence-electron chi connectivity index (χ1n) is 6.38. The molecule has 2 aromatic rings. The molecule has 0 saturated heterocycles. The van der Waals surface area contributed by atoms with Gasteiger partial charge in [0.15, 0.2) is 0 Å². The molecule has 98 valence electrons. The smallest absolute Gasteiger partial charge is 0.133 e. The summed E-state index contributed by atoms with van der Waals surface area (Å²) in [5, 5.41) is 0.847. The van der Waals surface area contributed by atoms with E-state index in [0.717, 1.165) is 24.2 Å². The summed E-state index contributed by atoms with van der Waals surface area (Å²) in [4.78, 5) is 9.15. The number of aromatic nitrogens is 1. The fourth-order valence-electron chi connectivity index (χ4n) is 2.40. The monoisotopic (exact) mass is 317 g/mol. The number of para-hydroxylation sites is 2. The third-order valence-electron chi connectivity index (χ3n) is 3.48. The molecule has 0 aliphatic carbocycles. The highest BCUT2D eigenvalue weighted by Gasteiger charge is 2.21. The van der Waals surface area contributed by atoms with Gasteiger partial charge in [-0.2, -0.15) is 0 Å². The van der Waals surface area contributed by atoms with Gasteiger partial charge in [0.2, 0.25) is 0 Å². The molecule has 0 fully saturated rings. The van der Waals surface area contributed by atoms with E-state index in [9.17, 15) is 0 Å². The summed E-state index contributed by atoms with van der Waals surface area (Å²) in [7, 11) is 2.14. The summed E-state index contributed by atoms with van der Waals surface area (Å²) < 4.78 is 0. The lowest BCUT2D eigenvalue weighted by molar-refractivity contribution is 0.813. The number of halogens is 1. The summed E-state index contributed by atoms with van der Waals surface area (Å²) in [6, 6.07) is 12.7. The molecule has 4 heteroatoms. The molecule has 1 aliphatic heterocycles. The van der Waals surface area contributed by atoms with E-state index in [1.165, 1.54) is 16.9 Å². The topological polar surface area (TPSA) is 19.4 Å². The predicted octanol–water partition coefficient (Wildman–Crippen LogP) is 3.56. The molecule has 0 saturated carbocycles. The SMILES string of the molecule is CN1CCN(c2ccc(CBr)cn2)c2ccccc21. The van der Waals surface area contributed by atoms with Gasteiger partial charge in [-0.25, -0.2) is 4.98 Å². The quantitative estimate of drug-likeness (QED) is 0.789. The van der Waals surface area contributed by atoms with Crippen molar-refractivity contribution in [1.29, 1.82) is 0 Å². The Morgan fingerprint density at radius 1 is 1.11 bits per heavy atom. The second-order valence-electron chi connectivity index (χ2n) is 4.72. The van der Waals surface area contributed by atoms with Crippen molar-refractivity contribution in [3.05, 3.63) is 48.2 Å². The van der Waals surface area contributed by atoms with Gasteiger partial charge in [-0.3, -0.25) is 0 Å². The van der Waals surface area contributed by atoms with E-state index in [-0.39, 0.29) is 0 Å². The molecule has 0 radical (unpaired) electrons. The zero-order valence-electron chi connectivity index (χ0n) is 10.9. The maximum atomic E-state index is 4.57. The van der Waals surface area contributed by atoms with Crippen molar-refractivity contribution in [3.8, 4) is 0 Å². The molecule has 0 bridgehead atoms. The van der Waals surface area contributed by atoms with Crippen LogP contribution in [-0.4, -0.2) is 25.1 Å². The summed E-state index contributed by atoms with van der Waals surface area (Å²) in [6.45, 7) is 1.98. The van der Waals surface area contributed by atoms with Gasteiger partial charge in [-0.05, 0) is 23.8 Å². The van der Waals surface area contributed by atoms with Gasteiger partial charge in [0.1, 0.15) is 5.82 Å². The first-order valence-corrected chi connectivity index (χ1v) is 7.50. The molecule has 0 N–H and O–H groups in total. The van der Waals surface area contributed by atoms with Crippen LogP contribution in [0.25, 0.3) is 0 Å². The van der Waals surface area contributed by atoms with E-state index in [1.807, 2.05) is 6.20 Å². The Labute approximate surface area is 122 Å². The van der Waals surface area contributed by atoms with Crippen LogP contribution in [0.4, 0.5) is 17.2 Å². The number of benzene rings is 1. The molecule has 19 heavy (non-hydrogen) atoms. The number of pyridine rings is 1. The first kappa shape index (κ1) is 12.5. The Balaban J connectivity index is 1.99. The fourth-order valence-corrected chi connectivity index (χ4v) is 2.73. The van der Waals surface area contributed by atoms with E-state index >= 15 is 0 Å². The van der Waals surface area contributed by atoms with Gasteiger partial charge in [0.05, 0.1) is 11.4 Å². The molecule has 3 rings (SSSR count). The minimum atomic E-state index is 0.847. The molecule has 1 aromatic carbocycles. The van der Waals surface area contributed by atoms with Crippen LogP contribution in [0.2, 0.25) is 0 Å². The number of likely N-dealkylation sites (N-methyl/N-ethyl adjacent to an activating group) is 1. The summed E-state index contributed by atoms with van der Waals surface area (Å²) in [6.07, 6.45) is 1.94. The Bertz CT molecular complexity index is 568. The van der Waals surface area contributed by atoms with Crippen LogP contribution >= 0.6 is 15.9 Å². The molecular weight excluding hydrogens is 302 g/mol. The number of alkyl halides is 1. The van der Waals surface area contributed by atoms with Crippen molar-refractivity contribution < 1.29 is 0 Å². The number of fused-ring (bicyclic) bond motifs is 1. The Morgan fingerprint density at radius 2 is 1.89 bits per heavy atom. The summed E-state index contributed by atoms with van der Waals surface area (Å²) in [5.74, 6) is 1.02. The van der Waals surface area contributed by atoms with Gasteiger partial charge in [0, 0.05) is 31.7 Å². The van der Waals surface area contributed by atoms with Crippen LogP contribution in [0.15, 0.2) is 42.6 Å². The molecule has 0 unspecified atom stereocenters. The van der Waals surface area contributed by atoms with E-state index in [2.05, 4.69) is 74.2 Å². The Hall–Kier alpha value is -1.55. The molecule has 0 spiro atoms. The summed E-state index contributed by atoms with van der Waals surface area (Å²) >= 11 is 3.45. The van der Waals surface area contributed by atoms with Crippen LogP contribution in [0.3, 0.4) is 0 Å². The van der Waals surface area contributed by atoms with Gasteiger partial charge in [0.25, 0.3) is 0 Å². The van der Waals surface area contributed by atoms with E-state index in [1.54, 1.807) is 0 Å². The second kappa shape index (κ2) is 5.21. The first-order chi connectivity index (χ1) is 9.29. The van der Waals surface area contributed by atoms with E-state index in [4.69, 9.17) is 0 Å². The van der Waals surface area contributed by atoms with Gasteiger partial charge in [-0.15, -0.1) is 0 Å². The predicted molar refractivity (Wildman–Crippen MR) is 83.6 cm³/mol. The van der Waals surface area contributed by atoms with Crippen molar-refractivity contribution in [1.82, 2.24) is 4.98 Å². The highest BCUT2D eigenvalue weighted by molar-refractivity contribution is 9.08. The molecule has 0 amide bonds. The second-order valence-corrected chi connectivity index (χ2v) is 5.28. The minimum absolute atomic E-state index is 0.847. The minimum Gasteiger partial charge on any atom is -0.371 e. The van der Waals surface area contributed by atoms with Crippen LogP contribution in [0.1, 0.15) is 5.56 Å². The number of nitrogens with zero attached hydrogens (tertiary/aromatic N) is 3. The van der Waals surface area contributed by atoms with Crippen LogP contribution in [0.5, 0.6) is 0 Å². The van der Waals surface area contributed by atoms with Gasteiger partial charge >= 0.3 is 0 Å². The third kappa shape index (κ3) is 2.32. The number of rotatable bonds is 2. The number of hydrogen-bond donors (Lipinski definition) is 0.